The molecule has 0 spiro atoms. The Morgan fingerprint density at radius 2 is 2.13 bits per heavy atom. The lowest BCUT2D eigenvalue weighted by Crippen LogP contribution is -2.29. The van der Waals surface area contributed by atoms with Crippen LogP contribution in [-0.4, -0.2) is 22.7 Å². The van der Waals surface area contributed by atoms with E-state index in [9.17, 15) is 9.59 Å². The van der Waals surface area contributed by atoms with E-state index in [1.807, 2.05) is 37.3 Å². The standard InChI is InChI=1S/C23H17N3O4S/c1-3-9-29-15-6-4-5-14(11-15)19-18-20(27)16-10-13(2)7-8-17(16)30-21(18)22(28)26(19)23-25-24-12-31-23/h3-8,10-12,19H,1,9H2,2H3. The molecule has 2 aromatic heterocycles. The number of anilines is 1. The van der Waals surface area contributed by atoms with Gasteiger partial charge in [-0.25, -0.2) is 0 Å². The van der Waals surface area contributed by atoms with Gasteiger partial charge in [0.05, 0.1) is 17.0 Å². The fraction of sp³-hybridized carbons (Fsp3) is 0.130. The van der Waals surface area contributed by atoms with Gasteiger partial charge in [0.15, 0.2) is 5.43 Å². The van der Waals surface area contributed by atoms with Crippen LogP contribution < -0.4 is 15.1 Å². The highest BCUT2D eigenvalue weighted by molar-refractivity contribution is 7.13. The molecule has 3 heterocycles. The van der Waals surface area contributed by atoms with E-state index >= 15 is 0 Å². The summed E-state index contributed by atoms with van der Waals surface area (Å²) in [7, 11) is 0. The van der Waals surface area contributed by atoms with Gasteiger partial charge in [-0.05, 0) is 36.8 Å². The Morgan fingerprint density at radius 1 is 1.26 bits per heavy atom. The van der Waals surface area contributed by atoms with E-state index in [0.29, 0.717) is 39.6 Å². The fourth-order valence-corrected chi connectivity index (χ4v) is 4.39. The molecule has 1 atom stereocenters. The number of amides is 1. The number of benzene rings is 2. The highest BCUT2D eigenvalue weighted by Crippen LogP contribution is 2.42. The minimum absolute atomic E-state index is 0.0268. The zero-order valence-corrected chi connectivity index (χ0v) is 17.4. The van der Waals surface area contributed by atoms with Crippen LogP contribution in [-0.2, 0) is 0 Å². The molecule has 5 rings (SSSR count). The summed E-state index contributed by atoms with van der Waals surface area (Å²) in [6.45, 7) is 5.91. The molecular weight excluding hydrogens is 414 g/mol. The molecule has 4 aromatic rings. The quantitative estimate of drug-likeness (QED) is 0.439. The lowest BCUT2D eigenvalue weighted by atomic mass is 9.98. The van der Waals surface area contributed by atoms with E-state index in [1.165, 1.54) is 16.2 Å². The number of carbonyl (C=O) groups is 1. The zero-order valence-electron chi connectivity index (χ0n) is 16.6. The van der Waals surface area contributed by atoms with Crippen LogP contribution >= 0.6 is 11.3 Å². The van der Waals surface area contributed by atoms with Gasteiger partial charge in [-0.2, -0.15) is 0 Å². The van der Waals surface area contributed by atoms with Crippen LogP contribution in [0.15, 0.2) is 69.8 Å². The fourth-order valence-electron chi connectivity index (χ4n) is 3.80. The average Bonchev–Trinajstić information content (AvgIpc) is 3.40. The molecular formula is C23H17N3O4S. The second-order valence-electron chi connectivity index (χ2n) is 7.14. The van der Waals surface area contributed by atoms with Crippen molar-refractivity contribution < 1.29 is 13.9 Å². The lowest BCUT2D eigenvalue weighted by Gasteiger charge is -2.22. The number of ether oxygens (including phenoxy) is 1. The first-order valence-corrected chi connectivity index (χ1v) is 10.5. The summed E-state index contributed by atoms with van der Waals surface area (Å²) in [5.41, 5.74) is 3.62. The predicted molar refractivity (Wildman–Crippen MR) is 118 cm³/mol. The van der Waals surface area contributed by atoms with Crippen LogP contribution in [0.1, 0.15) is 33.3 Å². The molecule has 0 radical (unpaired) electrons. The summed E-state index contributed by atoms with van der Waals surface area (Å²) in [5, 5.41) is 8.77. The van der Waals surface area contributed by atoms with Crippen molar-refractivity contribution in [2.45, 2.75) is 13.0 Å². The maximum atomic E-state index is 13.6. The minimum atomic E-state index is -0.705. The van der Waals surface area contributed by atoms with Gasteiger partial charge >= 0.3 is 0 Å². The van der Waals surface area contributed by atoms with Gasteiger partial charge in [0.25, 0.3) is 5.91 Å². The van der Waals surface area contributed by atoms with Crippen molar-refractivity contribution in [1.82, 2.24) is 10.2 Å². The van der Waals surface area contributed by atoms with Crippen LogP contribution in [0.2, 0.25) is 0 Å². The molecule has 0 saturated heterocycles. The van der Waals surface area contributed by atoms with Crippen molar-refractivity contribution in [3.8, 4) is 5.75 Å². The molecule has 2 aromatic carbocycles. The second kappa shape index (κ2) is 7.48. The van der Waals surface area contributed by atoms with Crippen LogP contribution in [0.5, 0.6) is 5.75 Å². The van der Waals surface area contributed by atoms with Crippen LogP contribution in [0.3, 0.4) is 0 Å². The summed E-state index contributed by atoms with van der Waals surface area (Å²) in [6, 6.07) is 11.9. The molecule has 0 bridgehead atoms. The molecule has 1 unspecified atom stereocenters. The summed E-state index contributed by atoms with van der Waals surface area (Å²) in [5.74, 6) is 0.212. The van der Waals surface area contributed by atoms with E-state index in [4.69, 9.17) is 9.15 Å². The van der Waals surface area contributed by atoms with Crippen molar-refractivity contribution in [3.05, 3.63) is 93.3 Å². The van der Waals surface area contributed by atoms with E-state index in [-0.39, 0.29) is 11.2 Å². The predicted octanol–water partition coefficient (Wildman–Crippen LogP) is 4.27. The molecule has 0 fully saturated rings. The Hall–Kier alpha value is -3.78. The molecule has 0 saturated carbocycles. The van der Waals surface area contributed by atoms with Crippen LogP contribution in [0, 0.1) is 6.92 Å². The second-order valence-corrected chi connectivity index (χ2v) is 7.96. The molecule has 31 heavy (non-hydrogen) atoms. The largest absolute Gasteiger partial charge is 0.490 e. The van der Waals surface area contributed by atoms with E-state index in [0.717, 1.165) is 5.56 Å². The first kappa shape index (κ1) is 19.2. The number of hydrogen-bond acceptors (Lipinski definition) is 7. The zero-order chi connectivity index (χ0) is 21.5. The smallest absolute Gasteiger partial charge is 0.297 e. The Kier molecular flexibility index (Phi) is 4.63. The number of aryl methyl sites for hydroxylation is 1. The molecule has 0 aliphatic carbocycles. The molecule has 1 amide bonds. The minimum Gasteiger partial charge on any atom is -0.490 e. The number of nitrogens with zero attached hydrogens (tertiary/aromatic N) is 3. The van der Waals surface area contributed by atoms with E-state index in [1.54, 1.807) is 23.7 Å². The number of carbonyl (C=O) groups excluding carboxylic acids is 1. The third-order valence-corrected chi connectivity index (χ3v) is 5.81. The molecule has 0 N–H and O–H groups in total. The summed E-state index contributed by atoms with van der Waals surface area (Å²) in [4.78, 5) is 28.4. The van der Waals surface area contributed by atoms with Crippen molar-refractivity contribution in [2.24, 2.45) is 0 Å². The Labute approximate surface area is 181 Å². The molecule has 1 aliphatic rings. The number of rotatable bonds is 5. The first-order valence-electron chi connectivity index (χ1n) is 9.59. The van der Waals surface area contributed by atoms with Crippen LogP contribution in [0.4, 0.5) is 5.13 Å². The molecule has 8 heteroatoms. The number of fused-ring (bicyclic) bond motifs is 2. The monoisotopic (exact) mass is 431 g/mol. The Balaban J connectivity index is 1.76. The highest BCUT2D eigenvalue weighted by Gasteiger charge is 2.45. The van der Waals surface area contributed by atoms with Crippen molar-refractivity contribution in [2.75, 3.05) is 11.5 Å². The maximum absolute atomic E-state index is 13.6. The Morgan fingerprint density at radius 3 is 2.90 bits per heavy atom. The van der Waals surface area contributed by atoms with Gasteiger partial charge in [-0.3, -0.25) is 14.5 Å². The highest BCUT2D eigenvalue weighted by atomic mass is 32.1. The van der Waals surface area contributed by atoms with Crippen molar-refractivity contribution >= 4 is 33.3 Å². The van der Waals surface area contributed by atoms with Gasteiger partial charge in [0.1, 0.15) is 23.4 Å². The van der Waals surface area contributed by atoms with Gasteiger partial charge in [0, 0.05) is 0 Å². The Bertz CT molecular complexity index is 1380. The normalized spacial score (nSPS) is 15.3. The van der Waals surface area contributed by atoms with E-state index in [2.05, 4.69) is 16.8 Å². The maximum Gasteiger partial charge on any atom is 0.297 e. The third-order valence-electron chi connectivity index (χ3n) is 5.12. The number of hydrogen-bond donors (Lipinski definition) is 0. The molecule has 1 aliphatic heterocycles. The average molecular weight is 431 g/mol. The first-order chi connectivity index (χ1) is 15.1. The van der Waals surface area contributed by atoms with Crippen LogP contribution in [0.25, 0.3) is 11.0 Å². The summed E-state index contributed by atoms with van der Waals surface area (Å²) >= 11 is 1.22. The SMILES string of the molecule is C=CCOc1cccc(C2c3c(oc4ccc(C)cc4c3=O)C(=O)N2c2nncs2)c1. The van der Waals surface area contributed by atoms with Gasteiger partial charge in [0.2, 0.25) is 10.9 Å². The molecule has 7 nitrogen and oxygen atoms in total. The summed E-state index contributed by atoms with van der Waals surface area (Å²) < 4.78 is 11.6. The molecule has 154 valence electrons. The van der Waals surface area contributed by atoms with Gasteiger partial charge < -0.3 is 9.15 Å². The van der Waals surface area contributed by atoms with Crippen molar-refractivity contribution in [3.63, 3.8) is 0 Å². The third kappa shape index (κ3) is 3.12. The van der Waals surface area contributed by atoms with Crippen molar-refractivity contribution in [1.29, 1.82) is 0 Å². The topological polar surface area (TPSA) is 85.5 Å². The lowest BCUT2D eigenvalue weighted by molar-refractivity contribution is 0.0970. The van der Waals surface area contributed by atoms with Gasteiger partial charge in [-0.1, -0.05) is 47.8 Å². The number of aromatic nitrogens is 2. The summed E-state index contributed by atoms with van der Waals surface area (Å²) in [6.07, 6.45) is 1.65. The van der Waals surface area contributed by atoms with E-state index < -0.39 is 11.9 Å². The van der Waals surface area contributed by atoms with Gasteiger partial charge in [-0.15, -0.1) is 10.2 Å².